The molecule has 124 valence electrons. The third-order valence-electron chi connectivity index (χ3n) is 2.81. The Kier molecular flexibility index (Phi) is 5.04. The van der Waals surface area contributed by atoms with Gasteiger partial charge in [-0.3, -0.25) is 0 Å². The number of hydrogen-bond acceptors (Lipinski definition) is 7. The van der Waals surface area contributed by atoms with Gasteiger partial charge in [-0.2, -0.15) is 0 Å². The van der Waals surface area contributed by atoms with E-state index in [-0.39, 0.29) is 10.7 Å². The van der Waals surface area contributed by atoms with E-state index in [1.54, 1.807) is 24.3 Å². The summed E-state index contributed by atoms with van der Waals surface area (Å²) in [5.74, 6) is -0.290. The first-order valence-corrected chi connectivity index (χ1v) is 10.4. The Bertz CT molecular complexity index is 944. The minimum absolute atomic E-state index is 0.0273. The van der Waals surface area contributed by atoms with Crippen LogP contribution in [0.25, 0.3) is 0 Å². The van der Waals surface area contributed by atoms with E-state index >= 15 is 0 Å². The first-order valence-electron chi connectivity index (χ1n) is 6.49. The van der Waals surface area contributed by atoms with Crippen molar-refractivity contribution in [2.75, 3.05) is 5.32 Å². The molecule has 0 bridgehead atoms. The summed E-state index contributed by atoms with van der Waals surface area (Å²) < 4.78 is 36.0. The maximum absolute atomic E-state index is 12.9. The lowest BCUT2D eigenvalue weighted by Crippen LogP contribution is -1.92. The summed E-state index contributed by atoms with van der Waals surface area (Å²) in [6.45, 7) is 0. The molecule has 0 unspecified atom stereocenters. The molecule has 24 heavy (non-hydrogen) atoms. The highest BCUT2D eigenvalue weighted by Gasteiger charge is 2.10. The van der Waals surface area contributed by atoms with Gasteiger partial charge in [0, 0.05) is 21.3 Å². The van der Waals surface area contributed by atoms with Crippen LogP contribution in [-0.4, -0.2) is 18.6 Å². The summed E-state index contributed by atoms with van der Waals surface area (Å²) in [5, 5.41) is 11.6. The van der Waals surface area contributed by atoms with Crippen LogP contribution < -0.4 is 5.32 Å². The summed E-state index contributed by atoms with van der Waals surface area (Å²) >= 11 is 2.70. The number of nitrogens with one attached hydrogen (secondary N) is 1. The fraction of sp³-hybridized carbons (Fsp3) is 0. The zero-order chi connectivity index (χ0) is 17.2. The number of benzene rings is 2. The first kappa shape index (κ1) is 17.2. The molecule has 3 aromatic rings. The third-order valence-corrected chi connectivity index (χ3v) is 6.08. The number of rotatable bonds is 5. The Balaban J connectivity index is 1.68. The SMILES string of the molecule is O=S(=O)(Cl)c1ccc(Nc2nnc(Sc3ccc(F)cc3)s2)cc1. The molecule has 0 saturated heterocycles. The van der Waals surface area contributed by atoms with Gasteiger partial charge in [-0.25, -0.2) is 12.8 Å². The Hall–Kier alpha value is -1.68. The van der Waals surface area contributed by atoms with Crippen molar-refractivity contribution in [3.05, 3.63) is 54.3 Å². The number of halogens is 2. The average molecular weight is 402 g/mol. The average Bonchev–Trinajstić information content (AvgIpc) is 2.96. The zero-order valence-electron chi connectivity index (χ0n) is 11.8. The molecule has 10 heteroatoms. The van der Waals surface area contributed by atoms with Crippen LogP contribution in [0.3, 0.4) is 0 Å². The molecule has 0 radical (unpaired) electrons. The van der Waals surface area contributed by atoms with Crippen LogP contribution in [-0.2, 0) is 9.05 Å². The highest BCUT2D eigenvalue weighted by molar-refractivity contribution is 8.13. The molecule has 0 spiro atoms. The van der Waals surface area contributed by atoms with Gasteiger partial charge in [-0.05, 0) is 48.5 Å². The van der Waals surface area contributed by atoms with Gasteiger partial charge in [0.25, 0.3) is 9.05 Å². The standard InChI is InChI=1S/C14H9ClFN3O2S3/c15-24(20,21)12-7-3-10(4-8-12)17-13-18-19-14(23-13)22-11-5-1-9(16)2-6-11/h1-8H,(H,17,18). The molecule has 1 N–H and O–H groups in total. The highest BCUT2D eigenvalue weighted by atomic mass is 35.7. The minimum atomic E-state index is -3.74. The fourth-order valence-corrected chi connectivity index (χ4v) is 4.24. The molecule has 0 amide bonds. The van der Waals surface area contributed by atoms with E-state index in [0.717, 1.165) is 4.90 Å². The van der Waals surface area contributed by atoms with Crippen LogP contribution >= 0.6 is 33.8 Å². The van der Waals surface area contributed by atoms with Crippen molar-refractivity contribution >= 4 is 53.7 Å². The van der Waals surface area contributed by atoms with Gasteiger partial charge in [-0.15, -0.1) is 10.2 Å². The molecule has 0 aliphatic rings. The largest absolute Gasteiger partial charge is 0.330 e. The highest BCUT2D eigenvalue weighted by Crippen LogP contribution is 2.33. The van der Waals surface area contributed by atoms with Crippen molar-refractivity contribution in [3.63, 3.8) is 0 Å². The number of aromatic nitrogens is 2. The van der Waals surface area contributed by atoms with E-state index < -0.39 is 9.05 Å². The Morgan fingerprint density at radius 3 is 2.33 bits per heavy atom. The smallest absolute Gasteiger partial charge is 0.261 e. The van der Waals surface area contributed by atoms with Crippen molar-refractivity contribution in [2.45, 2.75) is 14.1 Å². The normalized spacial score (nSPS) is 11.4. The molecule has 2 aromatic carbocycles. The van der Waals surface area contributed by atoms with E-state index in [1.165, 1.54) is 47.4 Å². The van der Waals surface area contributed by atoms with E-state index in [9.17, 15) is 12.8 Å². The van der Waals surface area contributed by atoms with Crippen LogP contribution in [0.15, 0.2) is 62.7 Å². The molecule has 0 aliphatic carbocycles. The van der Waals surface area contributed by atoms with E-state index in [0.29, 0.717) is 15.2 Å². The molecule has 0 atom stereocenters. The van der Waals surface area contributed by atoms with E-state index in [1.807, 2.05) is 0 Å². The van der Waals surface area contributed by atoms with Crippen molar-refractivity contribution in [2.24, 2.45) is 0 Å². The summed E-state index contributed by atoms with van der Waals surface area (Å²) in [6.07, 6.45) is 0. The topological polar surface area (TPSA) is 72.0 Å². The quantitative estimate of drug-likeness (QED) is 0.634. The summed E-state index contributed by atoms with van der Waals surface area (Å²) in [4.78, 5) is 0.885. The Labute approximate surface area is 150 Å². The van der Waals surface area contributed by atoms with Crippen molar-refractivity contribution in [1.82, 2.24) is 10.2 Å². The monoisotopic (exact) mass is 401 g/mol. The van der Waals surface area contributed by atoms with Crippen LogP contribution in [0.2, 0.25) is 0 Å². The number of nitrogens with zero attached hydrogens (tertiary/aromatic N) is 2. The fourth-order valence-electron chi connectivity index (χ4n) is 1.73. The van der Waals surface area contributed by atoms with Crippen molar-refractivity contribution in [3.8, 4) is 0 Å². The van der Waals surface area contributed by atoms with Gasteiger partial charge in [0.2, 0.25) is 5.13 Å². The molecular weight excluding hydrogens is 393 g/mol. The van der Waals surface area contributed by atoms with Crippen molar-refractivity contribution < 1.29 is 12.8 Å². The predicted molar refractivity (Wildman–Crippen MR) is 93.2 cm³/mol. The molecule has 0 aliphatic heterocycles. The van der Waals surface area contributed by atoms with Crippen LogP contribution in [0.4, 0.5) is 15.2 Å². The maximum atomic E-state index is 12.9. The Morgan fingerprint density at radius 2 is 1.71 bits per heavy atom. The Morgan fingerprint density at radius 1 is 1.04 bits per heavy atom. The lowest BCUT2D eigenvalue weighted by molar-refractivity contribution is 0.609. The minimum Gasteiger partial charge on any atom is -0.330 e. The molecule has 1 aromatic heterocycles. The van der Waals surface area contributed by atoms with E-state index in [4.69, 9.17) is 10.7 Å². The van der Waals surface area contributed by atoms with Crippen molar-refractivity contribution in [1.29, 1.82) is 0 Å². The van der Waals surface area contributed by atoms with Gasteiger partial charge < -0.3 is 5.32 Å². The summed E-state index contributed by atoms with van der Waals surface area (Å²) in [5.41, 5.74) is 0.661. The zero-order valence-corrected chi connectivity index (χ0v) is 15.0. The molecule has 3 rings (SSSR count). The first-order chi connectivity index (χ1) is 11.4. The van der Waals surface area contributed by atoms with Gasteiger partial charge in [0.15, 0.2) is 4.34 Å². The third kappa shape index (κ3) is 4.44. The van der Waals surface area contributed by atoms with Gasteiger partial charge >= 0.3 is 0 Å². The summed E-state index contributed by atoms with van der Waals surface area (Å²) in [6, 6.07) is 12.1. The van der Waals surface area contributed by atoms with Crippen LogP contribution in [0, 0.1) is 5.82 Å². The van der Waals surface area contributed by atoms with Crippen LogP contribution in [0.1, 0.15) is 0 Å². The predicted octanol–water partition coefficient (Wildman–Crippen LogP) is 4.50. The maximum Gasteiger partial charge on any atom is 0.261 e. The van der Waals surface area contributed by atoms with E-state index in [2.05, 4.69) is 15.5 Å². The lowest BCUT2D eigenvalue weighted by atomic mass is 10.3. The molecule has 0 fully saturated rings. The number of anilines is 2. The molecule has 5 nitrogen and oxygen atoms in total. The number of hydrogen-bond donors (Lipinski definition) is 1. The molecule has 1 heterocycles. The van der Waals surface area contributed by atoms with Gasteiger partial charge in [0.1, 0.15) is 5.82 Å². The second-order valence-electron chi connectivity index (χ2n) is 4.52. The second kappa shape index (κ2) is 7.06. The molecule has 0 saturated carbocycles. The molecular formula is C14H9ClFN3O2S3. The van der Waals surface area contributed by atoms with Crippen LogP contribution in [0.5, 0.6) is 0 Å². The second-order valence-corrected chi connectivity index (χ2v) is 9.38. The lowest BCUT2D eigenvalue weighted by Gasteiger charge is -2.02. The summed E-state index contributed by atoms with van der Waals surface area (Å²) in [7, 11) is 1.53. The van der Waals surface area contributed by atoms with Gasteiger partial charge in [-0.1, -0.05) is 23.1 Å². The van der Waals surface area contributed by atoms with Gasteiger partial charge in [0.05, 0.1) is 4.90 Å².